The molecule has 1 unspecified atom stereocenters. The van der Waals surface area contributed by atoms with Crippen molar-refractivity contribution < 1.29 is 0 Å². The van der Waals surface area contributed by atoms with Gasteiger partial charge in [-0.05, 0) is 59.7 Å². The van der Waals surface area contributed by atoms with Crippen molar-refractivity contribution in [2.75, 3.05) is 0 Å². The van der Waals surface area contributed by atoms with Crippen LogP contribution in [0.1, 0.15) is 50.3 Å². The molecule has 3 rings (SSSR count). The molecule has 1 aromatic heterocycles. The molecule has 1 saturated carbocycles. The van der Waals surface area contributed by atoms with Gasteiger partial charge in [-0.15, -0.1) is 5.10 Å². The summed E-state index contributed by atoms with van der Waals surface area (Å²) in [5.74, 6) is 0. The van der Waals surface area contributed by atoms with Crippen molar-refractivity contribution in [3.05, 3.63) is 29.8 Å². The van der Waals surface area contributed by atoms with E-state index >= 15 is 0 Å². The van der Waals surface area contributed by atoms with Gasteiger partial charge in [-0.25, -0.2) is 4.68 Å². The Balaban J connectivity index is 1.76. The van der Waals surface area contributed by atoms with Gasteiger partial charge in [0.2, 0.25) is 5.16 Å². The summed E-state index contributed by atoms with van der Waals surface area (Å²) in [5.41, 5.74) is 7.01. The largest absolute Gasteiger partial charge is 0.324 e. The van der Waals surface area contributed by atoms with Crippen molar-refractivity contribution in [2.45, 2.75) is 54.7 Å². The van der Waals surface area contributed by atoms with Crippen LogP contribution in [0.3, 0.4) is 0 Å². The van der Waals surface area contributed by atoms with E-state index in [2.05, 4.69) is 39.8 Å². The monoisotopic (exact) mass is 289 g/mol. The number of rotatable bonds is 4. The zero-order chi connectivity index (χ0) is 13.9. The standard InChI is InChI=1S/C14H19N5S/c1-10(15)11-6-8-13(9-7-11)20-14-16-17-18-19(14)12-4-2-3-5-12/h6-10,12H,2-5,15H2,1H3. The van der Waals surface area contributed by atoms with Gasteiger partial charge in [0.05, 0.1) is 6.04 Å². The zero-order valence-corrected chi connectivity index (χ0v) is 12.4. The fraction of sp³-hybridized carbons (Fsp3) is 0.500. The number of nitrogens with two attached hydrogens (primary N) is 1. The van der Waals surface area contributed by atoms with Gasteiger partial charge in [-0.3, -0.25) is 0 Å². The summed E-state index contributed by atoms with van der Waals surface area (Å²) in [5, 5.41) is 13.0. The Labute approximate surface area is 122 Å². The van der Waals surface area contributed by atoms with Crippen molar-refractivity contribution >= 4 is 11.8 Å². The summed E-state index contributed by atoms with van der Waals surface area (Å²) in [6.45, 7) is 1.99. The average Bonchev–Trinajstić information content (AvgIpc) is 3.09. The predicted molar refractivity (Wildman–Crippen MR) is 78.5 cm³/mol. The van der Waals surface area contributed by atoms with Crippen LogP contribution in [-0.4, -0.2) is 20.2 Å². The van der Waals surface area contributed by atoms with E-state index < -0.39 is 0 Å². The summed E-state index contributed by atoms with van der Waals surface area (Å²) >= 11 is 1.61. The summed E-state index contributed by atoms with van der Waals surface area (Å²) < 4.78 is 1.98. The maximum atomic E-state index is 5.86. The van der Waals surface area contributed by atoms with Crippen molar-refractivity contribution in [3.63, 3.8) is 0 Å². The van der Waals surface area contributed by atoms with Crippen LogP contribution in [0.25, 0.3) is 0 Å². The predicted octanol–water partition coefficient (Wildman–Crippen LogP) is 2.96. The van der Waals surface area contributed by atoms with E-state index in [4.69, 9.17) is 5.73 Å². The first-order valence-corrected chi connectivity index (χ1v) is 7.87. The van der Waals surface area contributed by atoms with E-state index in [1.807, 2.05) is 11.6 Å². The highest BCUT2D eigenvalue weighted by atomic mass is 32.2. The quantitative estimate of drug-likeness (QED) is 0.937. The van der Waals surface area contributed by atoms with Gasteiger partial charge in [0.15, 0.2) is 0 Å². The van der Waals surface area contributed by atoms with Crippen molar-refractivity contribution in [1.29, 1.82) is 0 Å². The fourth-order valence-corrected chi connectivity index (χ4v) is 3.41. The van der Waals surface area contributed by atoms with E-state index in [9.17, 15) is 0 Å². The third-order valence-electron chi connectivity index (χ3n) is 3.75. The third-order valence-corrected chi connectivity index (χ3v) is 4.71. The molecule has 1 fully saturated rings. The van der Waals surface area contributed by atoms with Crippen LogP contribution in [0, 0.1) is 0 Å². The summed E-state index contributed by atoms with van der Waals surface area (Å²) in [6, 6.07) is 8.83. The van der Waals surface area contributed by atoms with Crippen molar-refractivity contribution in [3.8, 4) is 0 Å². The molecule has 1 aliphatic rings. The van der Waals surface area contributed by atoms with Crippen LogP contribution in [0.15, 0.2) is 34.3 Å². The average molecular weight is 289 g/mol. The van der Waals surface area contributed by atoms with Crippen LogP contribution in [0.4, 0.5) is 0 Å². The Morgan fingerprint density at radius 3 is 2.60 bits per heavy atom. The van der Waals surface area contributed by atoms with E-state index in [0.717, 1.165) is 15.6 Å². The molecule has 1 heterocycles. The Hall–Kier alpha value is -1.40. The molecule has 0 radical (unpaired) electrons. The Kier molecular flexibility index (Phi) is 4.03. The van der Waals surface area contributed by atoms with Gasteiger partial charge >= 0.3 is 0 Å². The topological polar surface area (TPSA) is 69.6 Å². The minimum Gasteiger partial charge on any atom is -0.324 e. The molecule has 0 saturated heterocycles. The lowest BCUT2D eigenvalue weighted by Crippen LogP contribution is -2.08. The first-order valence-electron chi connectivity index (χ1n) is 7.05. The Bertz CT molecular complexity index is 557. The highest BCUT2D eigenvalue weighted by Gasteiger charge is 2.21. The molecule has 0 spiro atoms. The fourth-order valence-electron chi connectivity index (χ4n) is 2.58. The molecule has 1 aromatic carbocycles. The lowest BCUT2D eigenvalue weighted by atomic mass is 10.1. The molecule has 0 bridgehead atoms. The number of benzene rings is 1. The smallest absolute Gasteiger partial charge is 0.214 e. The van der Waals surface area contributed by atoms with Crippen LogP contribution >= 0.6 is 11.8 Å². The van der Waals surface area contributed by atoms with E-state index in [-0.39, 0.29) is 6.04 Å². The number of hydrogen-bond acceptors (Lipinski definition) is 5. The van der Waals surface area contributed by atoms with Gasteiger partial charge < -0.3 is 5.73 Å². The molecule has 2 aromatic rings. The van der Waals surface area contributed by atoms with Gasteiger partial charge in [0, 0.05) is 10.9 Å². The second-order valence-electron chi connectivity index (χ2n) is 5.30. The van der Waals surface area contributed by atoms with Crippen LogP contribution in [0.5, 0.6) is 0 Å². The van der Waals surface area contributed by atoms with Gasteiger partial charge in [-0.2, -0.15) is 0 Å². The molecule has 1 atom stereocenters. The molecule has 2 N–H and O–H groups in total. The summed E-state index contributed by atoms with van der Waals surface area (Å²) in [7, 11) is 0. The number of aromatic nitrogens is 4. The number of hydrogen-bond donors (Lipinski definition) is 1. The molecular weight excluding hydrogens is 270 g/mol. The Morgan fingerprint density at radius 2 is 1.95 bits per heavy atom. The maximum absolute atomic E-state index is 5.86. The molecule has 1 aliphatic carbocycles. The second kappa shape index (κ2) is 5.93. The molecule has 0 aliphatic heterocycles. The van der Waals surface area contributed by atoms with Crippen LogP contribution < -0.4 is 5.73 Å². The first-order chi connectivity index (χ1) is 9.74. The normalized spacial score (nSPS) is 17.5. The zero-order valence-electron chi connectivity index (χ0n) is 11.6. The van der Waals surface area contributed by atoms with Gasteiger partial charge in [-0.1, -0.05) is 25.0 Å². The Morgan fingerprint density at radius 1 is 1.25 bits per heavy atom. The molecule has 20 heavy (non-hydrogen) atoms. The van der Waals surface area contributed by atoms with Crippen LogP contribution in [0.2, 0.25) is 0 Å². The van der Waals surface area contributed by atoms with E-state index in [0.29, 0.717) is 6.04 Å². The summed E-state index contributed by atoms with van der Waals surface area (Å²) in [6.07, 6.45) is 4.92. The van der Waals surface area contributed by atoms with Crippen molar-refractivity contribution in [1.82, 2.24) is 20.2 Å². The SMILES string of the molecule is CC(N)c1ccc(Sc2nnnn2C2CCCC2)cc1. The molecule has 106 valence electrons. The van der Waals surface area contributed by atoms with Gasteiger partial charge in [0.1, 0.15) is 0 Å². The summed E-state index contributed by atoms with van der Waals surface area (Å²) in [4.78, 5) is 1.14. The molecular formula is C14H19N5S. The van der Waals surface area contributed by atoms with E-state index in [1.165, 1.54) is 25.7 Å². The van der Waals surface area contributed by atoms with Crippen molar-refractivity contribution in [2.24, 2.45) is 5.73 Å². The third kappa shape index (κ3) is 2.86. The van der Waals surface area contributed by atoms with Crippen LogP contribution in [-0.2, 0) is 0 Å². The minimum atomic E-state index is 0.0675. The van der Waals surface area contributed by atoms with E-state index in [1.54, 1.807) is 11.8 Å². The van der Waals surface area contributed by atoms with Gasteiger partial charge in [0.25, 0.3) is 0 Å². The molecule has 0 amide bonds. The number of tetrazole rings is 1. The second-order valence-corrected chi connectivity index (χ2v) is 6.34. The lowest BCUT2D eigenvalue weighted by Gasteiger charge is -2.11. The minimum absolute atomic E-state index is 0.0675. The number of nitrogens with zero attached hydrogens (tertiary/aromatic N) is 4. The maximum Gasteiger partial charge on any atom is 0.214 e. The lowest BCUT2D eigenvalue weighted by molar-refractivity contribution is 0.423. The highest BCUT2D eigenvalue weighted by Crippen LogP contribution is 2.33. The highest BCUT2D eigenvalue weighted by molar-refractivity contribution is 7.99. The first kappa shape index (κ1) is 13.6. The molecule has 5 nitrogen and oxygen atoms in total. The molecule has 6 heteroatoms.